The van der Waals surface area contributed by atoms with E-state index in [1.54, 1.807) is 13.8 Å². The van der Waals surface area contributed by atoms with Crippen LogP contribution in [-0.4, -0.2) is 34.7 Å². The van der Waals surface area contributed by atoms with Gasteiger partial charge in [0.05, 0.1) is 0 Å². The van der Waals surface area contributed by atoms with Gasteiger partial charge in [-0.15, -0.1) is 0 Å². The Hall–Kier alpha value is -1.14. The molecule has 0 aromatic carbocycles. The summed E-state index contributed by atoms with van der Waals surface area (Å²) in [5.41, 5.74) is 0. The molecule has 6 nitrogen and oxygen atoms in total. The maximum absolute atomic E-state index is 11.1. The van der Waals surface area contributed by atoms with E-state index < -0.39 is 24.5 Å². The maximum atomic E-state index is 11.1. The molecule has 0 amide bonds. The van der Waals surface area contributed by atoms with Gasteiger partial charge < -0.3 is 19.7 Å². The highest BCUT2D eigenvalue weighted by Crippen LogP contribution is 2.04. The zero-order valence-corrected chi connectivity index (χ0v) is 10.2. The van der Waals surface area contributed by atoms with Crippen LogP contribution < -0.4 is 0 Å². The van der Waals surface area contributed by atoms with Gasteiger partial charge in [0.2, 0.25) is 0 Å². The summed E-state index contributed by atoms with van der Waals surface area (Å²) >= 11 is 0. The fraction of sp³-hybridized carbons (Fsp3) is 0.818. The topological polar surface area (TPSA) is 93.1 Å². The van der Waals surface area contributed by atoms with Crippen LogP contribution in [0.3, 0.4) is 0 Å². The summed E-state index contributed by atoms with van der Waals surface area (Å²) in [6.45, 7) is 3.36. The second-order valence-electron chi connectivity index (χ2n) is 3.56. The van der Waals surface area contributed by atoms with E-state index in [4.69, 9.17) is 10.2 Å². The van der Waals surface area contributed by atoms with Crippen molar-refractivity contribution < 1.29 is 29.3 Å². The van der Waals surface area contributed by atoms with Crippen LogP contribution >= 0.6 is 0 Å². The van der Waals surface area contributed by atoms with Crippen molar-refractivity contribution in [3.8, 4) is 0 Å². The van der Waals surface area contributed by atoms with Crippen LogP contribution in [0.1, 0.15) is 46.0 Å². The lowest BCUT2D eigenvalue weighted by molar-refractivity contribution is -0.169. The molecule has 0 bridgehead atoms. The largest absolute Gasteiger partial charge is 0.436 e. The first-order valence-electron chi connectivity index (χ1n) is 5.74. The Kier molecular flexibility index (Phi) is 8.35. The Morgan fingerprint density at radius 3 is 1.59 bits per heavy atom. The monoisotopic (exact) mass is 248 g/mol. The van der Waals surface area contributed by atoms with E-state index in [9.17, 15) is 9.59 Å². The molecule has 6 heteroatoms. The predicted molar refractivity (Wildman–Crippen MR) is 58.6 cm³/mol. The normalized spacial score (nSPS) is 13.9. The first-order chi connectivity index (χ1) is 7.99. The van der Waals surface area contributed by atoms with Crippen LogP contribution in [0.4, 0.5) is 0 Å². The van der Waals surface area contributed by atoms with Crippen molar-refractivity contribution in [2.75, 3.05) is 0 Å². The van der Waals surface area contributed by atoms with Crippen molar-refractivity contribution in [3.63, 3.8) is 0 Å². The fourth-order valence-electron chi connectivity index (χ4n) is 0.965. The molecule has 0 aromatic heterocycles. The number of carbonyl (C=O) groups is 2. The minimum absolute atomic E-state index is 0.0361. The van der Waals surface area contributed by atoms with Crippen molar-refractivity contribution >= 4 is 11.9 Å². The standard InChI is InChI=1S/C11H20O6/c1-3-8(12)16-10(14)6-5-7-11(15)17-9(13)4-2/h8-9,12-13H,3-7H2,1-2H3. The Morgan fingerprint density at radius 2 is 1.29 bits per heavy atom. The number of ether oxygens (including phenoxy) is 2. The third kappa shape index (κ3) is 8.65. The number of hydrogen-bond acceptors (Lipinski definition) is 6. The molecule has 0 saturated heterocycles. The Bertz CT molecular complexity index is 216. The molecule has 0 aliphatic carbocycles. The maximum Gasteiger partial charge on any atom is 0.308 e. The van der Waals surface area contributed by atoms with Crippen LogP contribution in [0.25, 0.3) is 0 Å². The lowest BCUT2D eigenvalue weighted by Crippen LogP contribution is -2.18. The molecular weight excluding hydrogens is 228 g/mol. The summed E-state index contributed by atoms with van der Waals surface area (Å²) in [6, 6.07) is 0. The Labute approximate surface area is 101 Å². The van der Waals surface area contributed by atoms with E-state index in [0.29, 0.717) is 12.8 Å². The van der Waals surface area contributed by atoms with Gasteiger partial charge in [-0.3, -0.25) is 9.59 Å². The van der Waals surface area contributed by atoms with Gasteiger partial charge in [0.25, 0.3) is 0 Å². The molecule has 100 valence electrons. The summed E-state index contributed by atoms with van der Waals surface area (Å²) in [4.78, 5) is 22.2. The lowest BCUT2D eigenvalue weighted by atomic mass is 10.2. The van der Waals surface area contributed by atoms with Crippen LogP contribution in [0.5, 0.6) is 0 Å². The molecular formula is C11H20O6. The van der Waals surface area contributed by atoms with Gasteiger partial charge >= 0.3 is 11.9 Å². The number of carbonyl (C=O) groups excluding carboxylic acids is 2. The second kappa shape index (κ2) is 8.95. The third-order valence-electron chi connectivity index (χ3n) is 2.00. The zero-order valence-electron chi connectivity index (χ0n) is 10.2. The third-order valence-corrected chi connectivity index (χ3v) is 2.00. The first kappa shape index (κ1) is 15.9. The van der Waals surface area contributed by atoms with Gasteiger partial charge in [-0.05, 0) is 6.42 Å². The molecule has 0 aliphatic heterocycles. The fourth-order valence-corrected chi connectivity index (χ4v) is 0.965. The molecule has 0 fully saturated rings. The highest BCUT2D eigenvalue weighted by molar-refractivity contribution is 5.72. The number of aliphatic hydroxyl groups excluding tert-OH is 2. The molecule has 0 spiro atoms. The molecule has 2 N–H and O–H groups in total. The van der Waals surface area contributed by atoms with E-state index in [1.165, 1.54) is 0 Å². The van der Waals surface area contributed by atoms with E-state index in [1.807, 2.05) is 0 Å². The molecule has 0 rings (SSSR count). The molecule has 0 radical (unpaired) electrons. The van der Waals surface area contributed by atoms with E-state index in [-0.39, 0.29) is 19.3 Å². The molecule has 0 aromatic rings. The van der Waals surface area contributed by atoms with Gasteiger partial charge in [0.1, 0.15) is 0 Å². The van der Waals surface area contributed by atoms with E-state index >= 15 is 0 Å². The zero-order chi connectivity index (χ0) is 13.3. The molecule has 0 heterocycles. The lowest BCUT2D eigenvalue weighted by Gasteiger charge is -2.10. The summed E-state index contributed by atoms with van der Waals surface area (Å²) < 4.78 is 9.20. The summed E-state index contributed by atoms with van der Waals surface area (Å²) in [7, 11) is 0. The predicted octanol–water partition coefficient (Wildman–Crippen LogP) is 0.700. The van der Waals surface area contributed by atoms with E-state index in [0.717, 1.165) is 0 Å². The summed E-state index contributed by atoms with van der Waals surface area (Å²) in [6.07, 6.45) is -1.17. The van der Waals surface area contributed by atoms with Crippen molar-refractivity contribution in [3.05, 3.63) is 0 Å². The van der Waals surface area contributed by atoms with Gasteiger partial charge in [-0.1, -0.05) is 13.8 Å². The Morgan fingerprint density at radius 1 is 0.941 bits per heavy atom. The van der Waals surface area contributed by atoms with Crippen LogP contribution in [-0.2, 0) is 19.1 Å². The first-order valence-corrected chi connectivity index (χ1v) is 5.74. The van der Waals surface area contributed by atoms with Gasteiger partial charge in [0.15, 0.2) is 12.6 Å². The van der Waals surface area contributed by atoms with Crippen LogP contribution in [0.15, 0.2) is 0 Å². The quantitative estimate of drug-likeness (QED) is 0.485. The molecule has 2 unspecified atom stereocenters. The number of hydrogen-bond donors (Lipinski definition) is 2. The van der Waals surface area contributed by atoms with Crippen molar-refractivity contribution in [2.45, 2.75) is 58.5 Å². The smallest absolute Gasteiger partial charge is 0.308 e. The van der Waals surface area contributed by atoms with Crippen LogP contribution in [0.2, 0.25) is 0 Å². The summed E-state index contributed by atoms with van der Waals surface area (Å²) in [5.74, 6) is -1.11. The highest BCUT2D eigenvalue weighted by atomic mass is 16.6. The minimum atomic E-state index is -1.09. The van der Waals surface area contributed by atoms with Crippen molar-refractivity contribution in [1.82, 2.24) is 0 Å². The molecule has 0 saturated carbocycles. The van der Waals surface area contributed by atoms with E-state index in [2.05, 4.69) is 9.47 Å². The molecule has 0 aliphatic rings. The van der Waals surface area contributed by atoms with Gasteiger partial charge in [-0.25, -0.2) is 0 Å². The number of rotatable bonds is 8. The average Bonchev–Trinajstić information content (AvgIpc) is 2.28. The SMILES string of the molecule is CCC(O)OC(=O)CCCC(=O)OC(O)CC. The summed E-state index contributed by atoms with van der Waals surface area (Å²) in [5, 5.41) is 18.0. The highest BCUT2D eigenvalue weighted by Gasteiger charge is 2.12. The number of esters is 2. The average molecular weight is 248 g/mol. The van der Waals surface area contributed by atoms with Crippen LogP contribution in [0, 0.1) is 0 Å². The van der Waals surface area contributed by atoms with Gasteiger partial charge in [-0.2, -0.15) is 0 Å². The van der Waals surface area contributed by atoms with Crippen molar-refractivity contribution in [2.24, 2.45) is 0 Å². The molecule has 2 atom stereocenters. The second-order valence-corrected chi connectivity index (χ2v) is 3.56. The molecule has 17 heavy (non-hydrogen) atoms. The van der Waals surface area contributed by atoms with Crippen molar-refractivity contribution in [1.29, 1.82) is 0 Å². The Balaban J connectivity index is 3.62. The minimum Gasteiger partial charge on any atom is -0.436 e. The van der Waals surface area contributed by atoms with Gasteiger partial charge in [0, 0.05) is 25.7 Å². The number of aliphatic hydroxyl groups is 2.